The molecule has 2 unspecified atom stereocenters. The number of rotatable bonds is 5. The third-order valence-electron chi connectivity index (χ3n) is 2.36. The van der Waals surface area contributed by atoms with Crippen molar-refractivity contribution in [1.29, 1.82) is 0 Å². The van der Waals surface area contributed by atoms with E-state index in [-0.39, 0.29) is 5.12 Å². The van der Waals surface area contributed by atoms with Crippen LogP contribution in [0.1, 0.15) is 25.0 Å². The molecule has 0 radical (unpaired) electrons. The molecule has 2 N–H and O–H groups in total. The number of aliphatic hydroxyl groups excluding tert-OH is 2. The van der Waals surface area contributed by atoms with E-state index >= 15 is 0 Å². The zero-order chi connectivity index (χ0) is 13.7. The first kappa shape index (κ1) is 15.8. The van der Waals surface area contributed by atoms with Gasteiger partial charge in [0.1, 0.15) is 6.10 Å². The molecule has 100 valence electrons. The molecule has 0 spiro atoms. The predicted molar refractivity (Wildman–Crippen MR) is 75.2 cm³/mol. The van der Waals surface area contributed by atoms with Crippen molar-refractivity contribution in [3.63, 3.8) is 0 Å². The average molecular weight is 309 g/mol. The van der Waals surface area contributed by atoms with Crippen LogP contribution in [0.15, 0.2) is 18.2 Å². The maximum Gasteiger partial charge on any atom is 0.185 e. The van der Waals surface area contributed by atoms with Crippen molar-refractivity contribution in [2.24, 2.45) is 0 Å². The molecule has 0 amide bonds. The molecule has 0 aromatic heterocycles. The Kier molecular flexibility index (Phi) is 6.46. The Hall–Kier alpha value is -0.260. The lowest BCUT2D eigenvalue weighted by Crippen LogP contribution is -2.19. The number of carbonyl (C=O) groups is 1. The van der Waals surface area contributed by atoms with Gasteiger partial charge in [-0.2, -0.15) is 0 Å². The van der Waals surface area contributed by atoms with Gasteiger partial charge in [-0.3, -0.25) is 4.79 Å². The molecular weight excluding hydrogens is 295 g/mol. The largest absolute Gasteiger partial charge is 0.390 e. The van der Waals surface area contributed by atoms with Crippen molar-refractivity contribution >= 4 is 40.1 Å². The van der Waals surface area contributed by atoms with Gasteiger partial charge in [0.15, 0.2) is 5.12 Å². The van der Waals surface area contributed by atoms with E-state index in [1.54, 1.807) is 12.1 Å². The maximum absolute atomic E-state index is 10.7. The zero-order valence-electron chi connectivity index (χ0n) is 9.77. The average Bonchev–Trinajstić information content (AvgIpc) is 2.30. The lowest BCUT2D eigenvalue weighted by atomic mass is 10.0. The van der Waals surface area contributed by atoms with Crippen molar-refractivity contribution in [3.8, 4) is 0 Å². The second-order valence-corrected chi connectivity index (χ2v) is 5.92. The van der Waals surface area contributed by atoms with Crippen molar-refractivity contribution in [1.82, 2.24) is 0 Å². The molecule has 0 aliphatic heterocycles. The molecule has 1 aromatic carbocycles. The van der Waals surface area contributed by atoms with Crippen LogP contribution in [0.3, 0.4) is 0 Å². The van der Waals surface area contributed by atoms with Gasteiger partial charge < -0.3 is 10.2 Å². The minimum atomic E-state index is -1.11. The Balaban J connectivity index is 2.64. The first-order chi connectivity index (χ1) is 8.41. The molecule has 1 aromatic rings. The SMILES string of the molecule is CC(=O)SCCC(O)C(O)c1cc(Cl)ccc1Cl. The molecule has 2 atom stereocenters. The van der Waals surface area contributed by atoms with E-state index < -0.39 is 12.2 Å². The van der Waals surface area contributed by atoms with Gasteiger partial charge in [0.2, 0.25) is 0 Å². The van der Waals surface area contributed by atoms with Gasteiger partial charge in [-0.25, -0.2) is 0 Å². The Bertz CT molecular complexity index is 426. The van der Waals surface area contributed by atoms with Gasteiger partial charge in [-0.1, -0.05) is 35.0 Å². The van der Waals surface area contributed by atoms with Crippen LogP contribution in [-0.4, -0.2) is 27.2 Å². The number of benzene rings is 1. The van der Waals surface area contributed by atoms with Crippen LogP contribution in [0, 0.1) is 0 Å². The van der Waals surface area contributed by atoms with Crippen molar-refractivity contribution in [3.05, 3.63) is 33.8 Å². The number of carbonyl (C=O) groups excluding carboxylic acids is 1. The van der Waals surface area contributed by atoms with Crippen LogP contribution in [0.25, 0.3) is 0 Å². The summed E-state index contributed by atoms with van der Waals surface area (Å²) in [5.41, 5.74) is 0.393. The quantitative estimate of drug-likeness (QED) is 0.877. The van der Waals surface area contributed by atoms with Gasteiger partial charge >= 0.3 is 0 Å². The second-order valence-electron chi connectivity index (χ2n) is 3.81. The van der Waals surface area contributed by atoms with Crippen molar-refractivity contribution in [2.75, 3.05) is 5.75 Å². The van der Waals surface area contributed by atoms with E-state index in [1.807, 2.05) is 0 Å². The number of hydrogen-bond acceptors (Lipinski definition) is 4. The number of aliphatic hydroxyl groups is 2. The van der Waals surface area contributed by atoms with Gasteiger partial charge in [0.25, 0.3) is 0 Å². The number of halogens is 2. The Morgan fingerprint density at radius 2 is 2.06 bits per heavy atom. The van der Waals surface area contributed by atoms with Crippen LogP contribution >= 0.6 is 35.0 Å². The summed E-state index contributed by atoms with van der Waals surface area (Å²) in [6, 6.07) is 4.70. The van der Waals surface area contributed by atoms with Crippen LogP contribution < -0.4 is 0 Å². The zero-order valence-corrected chi connectivity index (χ0v) is 12.1. The summed E-state index contributed by atoms with van der Waals surface area (Å²) in [7, 11) is 0. The third kappa shape index (κ3) is 4.78. The van der Waals surface area contributed by atoms with Crippen LogP contribution in [0.5, 0.6) is 0 Å². The molecule has 0 heterocycles. The van der Waals surface area contributed by atoms with Gasteiger partial charge in [0.05, 0.1) is 6.10 Å². The summed E-state index contributed by atoms with van der Waals surface area (Å²) >= 11 is 12.9. The monoisotopic (exact) mass is 308 g/mol. The van der Waals surface area contributed by atoms with E-state index in [1.165, 1.54) is 13.0 Å². The Morgan fingerprint density at radius 1 is 1.39 bits per heavy atom. The summed E-state index contributed by atoms with van der Waals surface area (Å²) in [5, 5.41) is 20.6. The van der Waals surface area contributed by atoms with E-state index in [2.05, 4.69) is 0 Å². The topological polar surface area (TPSA) is 57.5 Å². The predicted octanol–water partition coefficient (Wildman–Crippen LogP) is 3.06. The summed E-state index contributed by atoms with van der Waals surface area (Å²) in [5.74, 6) is 0.450. The van der Waals surface area contributed by atoms with Crippen LogP contribution in [0.4, 0.5) is 0 Å². The molecule has 1 rings (SSSR count). The minimum absolute atomic E-state index is 0.0162. The van der Waals surface area contributed by atoms with Gasteiger partial charge in [-0.05, 0) is 24.6 Å². The summed E-state index contributed by atoms with van der Waals surface area (Å²) in [4.78, 5) is 10.7. The highest BCUT2D eigenvalue weighted by molar-refractivity contribution is 8.13. The van der Waals surface area contributed by atoms with Crippen LogP contribution in [0.2, 0.25) is 10.0 Å². The molecule has 6 heteroatoms. The third-order valence-corrected chi connectivity index (χ3v) is 3.79. The highest BCUT2D eigenvalue weighted by Gasteiger charge is 2.21. The fraction of sp³-hybridized carbons (Fsp3) is 0.417. The molecule has 0 saturated carbocycles. The van der Waals surface area contributed by atoms with E-state index in [4.69, 9.17) is 23.2 Å². The summed E-state index contributed by atoms with van der Waals surface area (Å²) < 4.78 is 0. The highest BCUT2D eigenvalue weighted by Crippen LogP contribution is 2.29. The minimum Gasteiger partial charge on any atom is -0.390 e. The smallest absolute Gasteiger partial charge is 0.185 e. The summed E-state index contributed by atoms with van der Waals surface area (Å²) in [6.07, 6.45) is -1.79. The molecule has 3 nitrogen and oxygen atoms in total. The normalized spacial score (nSPS) is 14.3. The Morgan fingerprint density at radius 3 is 2.67 bits per heavy atom. The number of hydrogen-bond donors (Lipinski definition) is 2. The molecule has 0 bridgehead atoms. The van der Waals surface area contributed by atoms with E-state index in [0.29, 0.717) is 27.8 Å². The van der Waals surface area contributed by atoms with Gasteiger partial charge in [0, 0.05) is 28.3 Å². The maximum atomic E-state index is 10.7. The van der Waals surface area contributed by atoms with E-state index in [0.717, 1.165) is 11.8 Å². The summed E-state index contributed by atoms with van der Waals surface area (Å²) in [6.45, 7) is 1.46. The molecular formula is C12H14Cl2O3S. The molecule has 0 fully saturated rings. The van der Waals surface area contributed by atoms with Crippen LogP contribution in [-0.2, 0) is 4.79 Å². The van der Waals surface area contributed by atoms with Gasteiger partial charge in [-0.15, -0.1) is 0 Å². The second kappa shape index (κ2) is 7.36. The fourth-order valence-electron chi connectivity index (χ4n) is 1.43. The molecule has 0 saturated heterocycles. The number of thioether (sulfide) groups is 1. The fourth-order valence-corrected chi connectivity index (χ4v) is 2.49. The standard InChI is InChI=1S/C12H14Cl2O3S/c1-7(15)18-5-4-11(16)12(17)9-6-8(13)2-3-10(9)14/h2-3,6,11-12,16-17H,4-5H2,1H3. The highest BCUT2D eigenvalue weighted by atomic mass is 35.5. The lowest BCUT2D eigenvalue weighted by molar-refractivity contribution is -0.109. The lowest BCUT2D eigenvalue weighted by Gasteiger charge is -2.19. The molecule has 0 aliphatic rings. The van der Waals surface area contributed by atoms with Crippen molar-refractivity contribution in [2.45, 2.75) is 25.6 Å². The molecule has 0 aliphatic carbocycles. The Labute approximate surface area is 120 Å². The molecule has 18 heavy (non-hydrogen) atoms. The first-order valence-electron chi connectivity index (χ1n) is 5.36. The first-order valence-corrected chi connectivity index (χ1v) is 7.10. The van der Waals surface area contributed by atoms with Crippen molar-refractivity contribution < 1.29 is 15.0 Å². The van der Waals surface area contributed by atoms with E-state index in [9.17, 15) is 15.0 Å².